The Bertz CT molecular complexity index is 439. The Hall–Kier alpha value is -1.09. The summed E-state index contributed by atoms with van der Waals surface area (Å²) in [4.78, 5) is 14.6. The van der Waals surface area contributed by atoms with E-state index in [0.29, 0.717) is 6.42 Å². The smallest absolute Gasteiger partial charge is 0.314 e. The number of carbonyl (C=O) groups is 1. The molecule has 0 radical (unpaired) electrons. The minimum Gasteiger partial charge on any atom is -0.481 e. The zero-order valence-electron chi connectivity index (χ0n) is 8.90. The lowest BCUT2D eigenvalue weighted by Crippen LogP contribution is -2.33. The van der Waals surface area contributed by atoms with Gasteiger partial charge in [0.1, 0.15) is 0 Å². The second kappa shape index (κ2) is 5.30. The van der Waals surface area contributed by atoms with Gasteiger partial charge in [0.25, 0.3) is 0 Å². The van der Waals surface area contributed by atoms with Gasteiger partial charge >= 0.3 is 5.97 Å². The normalized spacial score (nSPS) is 13.8. The molecule has 1 aromatic rings. The second-order valence-corrected chi connectivity index (χ2v) is 5.02. The summed E-state index contributed by atoms with van der Waals surface area (Å²) >= 11 is 2.15. The molecule has 0 spiro atoms. The highest BCUT2D eigenvalue weighted by molar-refractivity contribution is 14.1. The maximum absolute atomic E-state index is 11.3. The van der Waals surface area contributed by atoms with E-state index in [1.54, 1.807) is 13.0 Å². The fraction of sp³-hybridized carbons (Fsp3) is 0.333. The average molecular weight is 329 g/mol. The van der Waals surface area contributed by atoms with Crippen molar-refractivity contribution in [1.82, 2.24) is 0 Å². The molecular formula is C12H12INO2. The number of hydrogen-bond donors (Lipinski definition) is 1. The molecule has 84 valence electrons. The zero-order valence-corrected chi connectivity index (χ0v) is 11.1. The van der Waals surface area contributed by atoms with E-state index in [-0.39, 0.29) is 6.54 Å². The van der Waals surface area contributed by atoms with Gasteiger partial charge in [0.15, 0.2) is 0 Å². The summed E-state index contributed by atoms with van der Waals surface area (Å²) in [6, 6.07) is 7.43. The predicted molar refractivity (Wildman–Crippen MR) is 70.2 cm³/mol. The summed E-state index contributed by atoms with van der Waals surface area (Å²) < 4.78 is 1.00. The van der Waals surface area contributed by atoms with E-state index in [0.717, 1.165) is 9.13 Å². The molecule has 0 aliphatic carbocycles. The first-order chi connectivity index (χ1) is 7.50. The van der Waals surface area contributed by atoms with Gasteiger partial charge in [-0.15, -0.1) is 0 Å². The topological polar surface area (TPSA) is 41.7 Å². The van der Waals surface area contributed by atoms with Gasteiger partial charge in [-0.25, -0.2) is 6.57 Å². The number of benzene rings is 1. The van der Waals surface area contributed by atoms with Gasteiger partial charge in [0.2, 0.25) is 6.54 Å². The molecule has 1 atom stereocenters. The lowest BCUT2D eigenvalue weighted by Gasteiger charge is -2.23. The number of nitrogens with zero attached hydrogens (tertiary/aromatic N) is 1. The molecule has 0 aliphatic rings. The third kappa shape index (κ3) is 2.73. The third-order valence-electron chi connectivity index (χ3n) is 2.66. The van der Waals surface area contributed by atoms with Gasteiger partial charge in [-0.05, 0) is 47.2 Å². The summed E-state index contributed by atoms with van der Waals surface area (Å²) in [6.45, 7) is 8.66. The van der Waals surface area contributed by atoms with Gasteiger partial charge < -0.3 is 9.95 Å². The molecule has 0 bridgehead atoms. The van der Waals surface area contributed by atoms with Gasteiger partial charge in [-0.2, -0.15) is 0 Å². The van der Waals surface area contributed by atoms with Crippen molar-refractivity contribution >= 4 is 28.6 Å². The van der Waals surface area contributed by atoms with E-state index >= 15 is 0 Å². The van der Waals surface area contributed by atoms with Crippen LogP contribution in [-0.4, -0.2) is 17.6 Å². The van der Waals surface area contributed by atoms with Crippen molar-refractivity contribution in [3.63, 3.8) is 0 Å². The van der Waals surface area contributed by atoms with Gasteiger partial charge in [-0.1, -0.05) is 12.1 Å². The quantitative estimate of drug-likeness (QED) is 0.682. The first-order valence-electron chi connectivity index (χ1n) is 4.83. The minimum absolute atomic E-state index is 0.230. The monoisotopic (exact) mass is 329 g/mol. The molecule has 0 aliphatic heterocycles. The zero-order chi connectivity index (χ0) is 12.2. The van der Waals surface area contributed by atoms with E-state index in [1.165, 1.54) is 0 Å². The highest BCUT2D eigenvalue weighted by Crippen LogP contribution is 2.29. The molecule has 0 saturated heterocycles. The van der Waals surface area contributed by atoms with Crippen LogP contribution in [0.5, 0.6) is 0 Å². The molecule has 1 N–H and O–H groups in total. The van der Waals surface area contributed by atoms with Gasteiger partial charge in [-0.3, -0.25) is 4.79 Å². The van der Waals surface area contributed by atoms with Crippen molar-refractivity contribution in [1.29, 1.82) is 0 Å². The molecule has 1 unspecified atom stereocenters. The number of carboxylic acids is 1. The molecular weight excluding hydrogens is 317 g/mol. The van der Waals surface area contributed by atoms with Crippen LogP contribution < -0.4 is 0 Å². The summed E-state index contributed by atoms with van der Waals surface area (Å²) in [5.74, 6) is -0.877. The van der Waals surface area contributed by atoms with Crippen LogP contribution >= 0.6 is 22.6 Å². The lowest BCUT2D eigenvalue weighted by atomic mass is 9.79. The Labute approximate surface area is 108 Å². The van der Waals surface area contributed by atoms with Crippen molar-refractivity contribution in [2.24, 2.45) is 0 Å². The fourth-order valence-electron chi connectivity index (χ4n) is 1.49. The SMILES string of the molecule is [C-]#[N+]CCC(C)(C(=O)O)c1cccc(I)c1. The van der Waals surface area contributed by atoms with Crippen molar-refractivity contribution < 1.29 is 9.90 Å². The summed E-state index contributed by atoms with van der Waals surface area (Å²) in [7, 11) is 0. The molecule has 3 nitrogen and oxygen atoms in total. The molecule has 16 heavy (non-hydrogen) atoms. The molecule has 0 heterocycles. The van der Waals surface area contributed by atoms with Crippen LogP contribution in [0, 0.1) is 10.1 Å². The van der Waals surface area contributed by atoms with E-state index < -0.39 is 11.4 Å². The van der Waals surface area contributed by atoms with Gasteiger partial charge in [0, 0.05) is 9.99 Å². The summed E-state index contributed by atoms with van der Waals surface area (Å²) in [6.07, 6.45) is 0.339. The van der Waals surface area contributed by atoms with Crippen molar-refractivity contribution in [2.45, 2.75) is 18.8 Å². The van der Waals surface area contributed by atoms with Crippen LogP contribution in [0.4, 0.5) is 0 Å². The van der Waals surface area contributed by atoms with Gasteiger partial charge in [0.05, 0.1) is 5.41 Å². The first kappa shape index (κ1) is 13.0. The van der Waals surface area contributed by atoms with E-state index in [4.69, 9.17) is 6.57 Å². The number of carboxylic acid groups (broad SMARTS) is 1. The molecule has 0 fully saturated rings. The standard InChI is InChI=1S/C12H12INO2/c1-12(11(15)16,6-7-14-2)9-4-3-5-10(13)8-9/h3-5,8H,6-7H2,1H3,(H,15,16). The highest BCUT2D eigenvalue weighted by Gasteiger charge is 2.36. The largest absolute Gasteiger partial charge is 0.481 e. The fourth-order valence-corrected chi connectivity index (χ4v) is 2.03. The predicted octanol–water partition coefficient (Wildman–Crippen LogP) is 2.94. The van der Waals surface area contributed by atoms with Crippen LogP contribution in [0.15, 0.2) is 24.3 Å². The Kier molecular flexibility index (Phi) is 4.30. The average Bonchev–Trinajstić information content (AvgIpc) is 2.25. The molecule has 1 rings (SSSR count). The van der Waals surface area contributed by atoms with E-state index in [9.17, 15) is 9.90 Å². The molecule has 0 aromatic heterocycles. The minimum atomic E-state index is -0.967. The molecule has 1 aromatic carbocycles. The molecule has 0 amide bonds. The maximum Gasteiger partial charge on any atom is 0.314 e. The van der Waals surface area contributed by atoms with E-state index in [2.05, 4.69) is 27.4 Å². The second-order valence-electron chi connectivity index (χ2n) is 3.78. The first-order valence-corrected chi connectivity index (χ1v) is 5.91. The third-order valence-corrected chi connectivity index (χ3v) is 3.33. The number of rotatable bonds is 4. The number of aliphatic carboxylic acids is 1. The number of hydrogen-bond acceptors (Lipinski definition) is 1. The van der Waals surface area contributed by atoms with Crippen LogP contribution in [0.3, 0.4) is 0 Å². The number of halogens is 1. The van der Waals surface area contributed by atoms with Crippen LogP contribution in [0.1, 0.15) is 18.9 Å². The van der Waals surface area contributed by atoms with Crippen LogP contribution in [-0.2, 0) is 10.2 Å². The van der Waals surface area contributed by atoms with E-state index in [1.807, 2.05) is 18.2 Å². The molecule has 4 heteroatoms. The van der Waals surface area contributed by atoms with Crippen LogP contribution in [0.2, 0.25) is 0 Å². The Morgan fingerprint density at radius 2 is 2.31 bits per heavy atom. The van der Waals surface area contributed by atoms with Crippen LogP contribution in [0.25, 0.3) is 4.85 Å². The van der Waals surface area contributed by atoms with Crippen molar-refractivity contribution in [3.8, 4) is 0 Å². The Morgan fingerprint density at radius 1 is 1.62 bits per heavy atom. The summed E-state index contributed by atoms with van der Waals surface area (Å²) in [5, 5.41) is 9.30. The highest BCUT2D eigenvalue weighted by atomic mass is 127. The summed E-state index contributed by atoms with van der Waals surface area (Å²) in [5.41, 5.74) is -0.207. The van der Waals surface area contributed by atoms with Crippen molar-refractivity contribution in [2.75, 3.05) is 6.54 Å². The molecule has 0 saturated carbocycles. The Morgan fingerprint density at radius 3 is 2.81 bits per heavy atom. The lowest BCUT2D eigenvalue weighted by molar-refractivity contribution is -0.143. The Balaban J connectivity index is 3.12. The maximum atomic E-state index is 11.3. The van der Waals surface area contributed by atoms with Crippen molar-refractivity contribution in [3.05, 3.63) is 44.8 Å².